The minimum atomic E-state index is -0.396. The number of fused-ring (bicyclic) bond motifs is 12. The van der Waals surface area contributed by atoms with E-state index < -0.39 is 5.41 Å². The maximum absolute atomic E-state index is 4.00. The predicted molar refractivity (Wildman–Crippen MR) is 192 cm³/mol. The molecule has 0 saturated heterocycles. The first-order chi connectivity index (χ1) is 22.8. The first-order valence-electron chi connectivity index (χ1n) is 15.8. The third kappa shape index (κ3) is 3.38. The number of nitrogens with zero attached hydrogens (tertiary/aromatic N) is 1. The summed E-state index contributed by atoms with van der Waals surface area (Å²) in [6.07, 6.45) is 0. The summed E-state index contributed by atoms with van der Waals surface area (Å²) in [7, 11) is 0. The normalized spacial score (nSPS) is 13.7. The van der Waals surface area contributed by atoms with E-state index in [-0.39, 0.29) is 0 Å². The molecule has 7 aromatic carbocycles. The van der Waals surface area contributed by atoms with Crippen molar-refractivity contribution in [3.63, 3.8) is 0 Å². The SMILES string of the molecule is c1ccc(-n2c3ccccc3c3cccc(Nc4cccc5c4-c4ccccc4C54c5ccccc5Sc5ccccc54)c32)cc1. The summed E-state index contributed by atoms with van der Waals surface area (Å²) in [5.41, 5.74) is 13.3. The van der Waals surface area contributed by atoms with Crippen LogP contribution in [0.2, 0.25) is 0 Å². The molecule has 10 rings (SSSR count). The van der Waals surface area contributed by atoms with Crippen molar-refractivity contribution in [3.8, 4) is 16.8 Å². The second kappa shape index (κ2) is 9.74. The summed E-state index contributed by atoms with van der Waals surface area (Å²) >= 11 is 1.88. The first-order valence-corrected chi connectivity index (χ1v) is 16.6. The quantitative estimate of drug-likeness (QED) is 0.216. The molecule has 1 aliphatic carbocycles. The molecule has 1 aliphatic heterocycles. The van der Waals surface area contributed by atoms with Crippen molar-refractivity contribution < 1.29 is 0 Å². The Morgan fingerprint density at radius 3 is 1.85 bits per heavy atom. The molecule has 3 heteroatoms. The van der Waals surface area contributed by atoms with Gasteiger partial charge in [-0.3, -0.25) is 0 Å². The molecule has 0 fully saturated rings. The Morgan fingerprint density at radius 2 is 1.04 bits per heavy atom. The van der Waals surface area contributed by atoms with Gasteiger partial charge in [-0.25, -0.2) is 0 Å². The van der Waals surface area contributed by atoms with Crippen molar-refractivity contribution in [2.45, 2.75) is 15.2 Å². The molecule has 0 bridgehead atoms. The number of aromatic nitrogens is 1. The fourth-order valence-corrected chi connectivity index (χ4v) is 9.31. The third-order valence-electron chi connectivity index (χ3n) is 9.85. The van der Waals surface area contributed by atoms with E-state index in [0.717, 1.165) is 17.1 Å². The average Bonchev–Trinajstić information content (AvgIpc) is 3.61. The number of nitrogens with one attached hydrogen (secondary N) is 1. The van der Waals surface area contributed by atoms with Crippen LogP contribution in [-0.4, -0.2) is 4.57 Å². The molecule has 0 unspecified atom stereocenters. The number of hydrogen-bond acceptors (Lipinski definition) is 2. The average molecular weight is 605 g/mol. The number of anilines is 2. The van der Waals surface area contributed by atoms with Crippen molar-refractivity contribution >= 4 is 44.9 Å². The minimum Gasteiger partial charge on any atom is -0.353 e. The fourth-order valence-electron chi connectivity index (χ4n) is 8.12. The zero-order chi connectivity index (χ0) is 30.2. The molecule has 0 atom stereocenters. The molecule has 2 nitrogen and oxygen atoms in total. The highest BCUT2D eigenvalue weighted by Gasteiger charge is 2.50. The Bertz CT molecular complexity index is 2440. The van der Waals surface area contributed by atoms with Crippen molar-refractivity contribution in [3.05, 3.63) is 186 Å². The molecule has 0 saturated carbocycles. The van der Waals surface area contributed by atoms with E-state index in [1.807, 2.05) is 11.8 Å². The van der Waals surface area contributed by atoms with Gasteiger partial charge in [0.15, 0.2) is 0 Å². The third-order valence-corrected chi connectivity index (χ3v) is 11.0. The molecule has 46 heavy (non-hydrogen) atoms. The van der Waals surface area contributed by atoms with Crippen molar-refractivity contribution in [2.24, 2.45) is 0 Å². The Hall–Kier alpha value is -5.51. The summed E-state index contributed by atoms with van der Waals surface area (Å²) in [5, 5.41) is 6.49. The van der Waals surface area contributed by atoms with Gasteiger partial charge in [0.2, 0.25) is 0 Å². The lowest BCUT2D eigenvalue weighted by molar-refractivity contribution is 0.722. The van der Waals surface area contributed by atoms with Gasteiger partial charge in [0.1, 0.15) is 0 Å². The summed E-state index contributed by atoms with van der Waals surface area (Å²) in [4.78, 5) is 2.64. The highest BCUT2D eigenvalue weighted by Crippen LogP contribution is 2.63. The van der Waals surface area contributed by atoms with Crippen LogP contribution in [0.1, 0.15) is 22.3 Å². The van der Waals surface area contributed by atoms with Crippen molar-refractivity contribution in [1.82, 2.24) is 4.57 Å². The van der Waals surface area contributed by atoms with Crippen LogP contribution in [-0.2, 0) is 5.41 Å². The van der Waals surface area contributed by atoms with E-state index in [1.54, 1.807) is 0 Å². The van der Waals surface area contributed by atoms with Crippen LogP contribution in [0.4, 0.5) is 11.4 Å². The maximum Gasteiger partial charge on any atom is 0.0776 e. The second-order valence-electron chi connectivity index (χ2n) is 12.1. The Labute approximate surface area is 272 Å². The highest BCUT2D eigenvalue weighted by atomic mass is 32.2. The number of rotatable bonds is 3. The first kappa shape index (κ1) is 25.8. The van der Waals surface area contributed by atoms with Gasteiger partial charge in [0, 0.05) is 37.5 Å². The van der Waals surface area contributed by atoms with E-state index in [2.05, 4.69) is 174 Å². The number of para-hydroxylation sites is 3. The molecular weight excluding hydrogens is 577 g/mol. The summed E-state index contributed by atoms with van der Waals surface area (Å²) < 4.78 is 2.40. The molecule has 0 amide bonds. The Kier molecular flexibility index (Phi) is 5.46. The van der Waals surface area contributed by atoms with Crippen molar-refractivity contribution in [1.29, 1.82) is 0 Å². The molecule has 1 N–H and O–H groups in total. The number of hydrogen-bond donors (Lipinski definition) is 1. The predicted octanol–water partition coefficient (Wildman–Crippen LogP) is 11.4. The zero-order valence-corrected chi connectivity index (χ0v) is 25.8. The van der Waals surface area contributed by atoms with Crippen LogP contribution >= 0.6 is 11.8 Å². The lowest BCUT2D eigenvalue weighted by Gasteiger charge is -2.39. The largest absolute Gasteiger partial charge is 0.353 e. The van der Waals surface area contributed by atoms with Crippen LogP contribution in [0.3, 0.4) is 0 Å². The van der Waals surface area contributed by atoms with Crippen LogP contribution in [0, 0.1) is 0 Å². The van der Waals surface area contributed by atoms with E-state index in [4.69, 9.17) is 0 Å². The van der Waals surface area contributed by atoms with E-state index in [9.17, 15) is 0 Å². The van der Waals surface area contributed by atoms with Gasteiger partial charge in [-0.05, 0) is 70.3 Å². The molecule has 216 valence electrons. The van der Waals surface area contributed by atoms with Crippen molar-refractivity contribution in [2.75, 3.05) is 5.32 Å². The topological polar surface area (TPSA) is 17.0 Å². The maximum atomic E-state index is 4.00. The van der Waals surface area contributed by atoms with Gasteiger partial charge < -0.3 is 9.88 Å². The lowest BCUT2D eigenvalue weighted by Crippen LogP contribution is -2.31. The Morgan fingerprint density at radius 1 is 0.457 bits per heavy atom. The zero-order valence-electron chi connectivity index (χ0n) is 24.9. The monoisotopic (exact) mass is 604 g/mol. The molecule has 0 radical (unpaired) electrons. The van der Waals surface area contributed by atoms with E-state index >= 15 is 0 Å². The summed E-state index contributed by atoms with van der Waals surface area (Å²) in [5.74, 6) is 0. The van der Waals surface area contributed by atoms with Gasteiger partial charge in [0.25, 0.3) is 0 Å². The lowest BCUT2D eigenvalue weighted by atomic mass is 9.67. The molecule has 2 aliphatic rings. The minimum absolute atomic E-state index is 0.396. The highest BCUT2D eigenvalue weighted by molar-refractivity contribution is 7.99. The van der Waals surface area contributed by atoms with Gasteiger partial charge >= 0.3 is 0 Å². The van der Waals surface area contributed by atoms with Crippen LogP contribution in [0.15, 0.2) is 174 Å². The fraction of sp³-hybridized carbons (Fsp3) is 0.0233. The smallest absolute Gasteiger partial charge is 0.0776 e. The van der Waals surface area contributed by atoms with E-state index in [0.29, 0.717) is 0 Å². The van der Waals surface area contributed by atoms with Gasteiger partial charge in [0.05, 0.1) is 22.1 Å². The van der Waals surface area contributed by atoms with Crippen LogP contribution in [0.5, 0.6) is 0 Å². The number of benzene rings is 7. The van der Waals surface area contributed by atoms with Gasteiger partial charge in [-0.1, -0.05) is 133 Å². The van der Waals surface area contributed by atoms with Crippen LogP contribution < -0.4 is 5.32 Å². The molecular formula is C43H28N2S. The van der Waals surface area contributed by atoms with Gasteiger partial charge in [-0.15, -0.1) is 0 Å². The summed E-state index contributed by atoms with van der Waals surface area (Å²) in [6, 6.07) is 59.9. The molecule has 2 heterocycles. The molecule has 1 spiro atoms. The molecule has 8 aromatic rings. The second-order valence-corrected chi connectivity index (χ2v) is 13.2. The van der Waals surface area contributed by atoms with Crippen LogP contribution in [0.25, 0.3) is 38.6 Å². The Balaban J connectivity index is 1.26. The van der Waals surface area contributed by atoms with E-state index in [1.165, 1.54) is 65.0 Å². The standard InChI is InChI=1S/C43H28N2S/c1-2-14-28(15-3-1)45-38-25-9-5-16-29(38)30-18-12-24-37(42(30)45)44-36-23-13-22-35-41(36)31-17-4-6-19-32(31)43(35)33-20-7-10-26-39(33)46-40-27-11-8-21-34(40)43/h1-27,44H. The molecule has 1 aromatic heterocycles. The van der Waals surface area contributed by atoms with Gasteiger partial charge in [-0.2, -0.15) is 0 Å². The summed E-state index contributed by atoms with van der Waals surface area (Å²) in [6.45, 7) is 0.